The highest BCUT2D eigenvalue weighted by Crippen LogP contribution is 2.26. The Bertz CT molecular complexity index is 725. The number of nitrogens with zero attached hydrogens (tertiary/aromatic N) is 3. The Kier molecular flexibility index (Phi) is 4.97. The monoisotopic (exact) mass is 356 g/mol. The van der Waals surface area contributed by atoms with E-state index in [1.54, 1.807) is 11.3 Å². The van der Waals surface area contributed by atoms with Crippen LogP contribution in [0.5, 0.6) is 0 Å². The molecule has 132 valence electrons. The second-order valence-electron chi connectivity index (χ2n) is 6.90. The van der Waals surface area contributed by atoms with E-state index < -0.39 is 0 Å². The Labute approximate surface area is 152 Å². The van der Waals surface area contributed by atoms with Crippen molar-refractivity contribution in [2.24, 2.45) is 5.92 Å². The summed E-state index contributed by atoms with van der Waals surface area (Å²) < 4.78 is 0. The number of amides is 1. The van der Waals surface area contributed by atoms with Gasteiger partial charge in [-0.3, -0.25) is 4.79 Å². The number of aromatic nitrogens is 2. The fraction of sp³-hybridized carbons (Fsp3) is 0.526. The lowest BCUT2D eigenvalue weighted by molar-refractivity contribution is -0.125. The number of anilines is 1. The molecule has 6 heteroatoms. The number of carbonyl (C=O) groups excluding carboxylic acids is 1. The van der Waals surface area contributed by atoms with Crippen molar-refractivity contribution in [3.63, 3.8) is 0 Å². The average Bonchev–Trinajstić information content (AvgIpc) is 3.34. The van der Waals surface area contributed by atoms with Crippen LogP contribution in [-0.2, 0) is 24.1 Å². The second kappa shape index (κ2) is 7.52. The highest BCUT2D eigenvalue weighted by atomic mass is 32.1. The lowest BCUT2D eigenvalue weighted by Crippen LogP contribution is -2.35. The molecule has 0 spiro atoms. The first-order chi connectivity index (χ1) is 12.3. The van der Waals surface area contributed by atoms with E-state index in [0.29, 0.717) is 6.54 Å². The Morgan fingerprint density at radius 3 is 3.04 bits per heavy atom. The molecule has 0 radical (unpaired) electrons. The maximum atomic E-state index is 12.5. The van der Waals surface area contributed by atoms with Gasteiger partial charge in [0.1, 0.15) is 0 Å². The summed E-state index contributed by atoms with van der Waals surface area (Å²) in [5.41, 5.74) is 2.28. The third-order valence-corrected chi connectivity index (χ3v) is 6.08. The Hall–Kier alpha value is -1.95. The van der Waals surface area contributed by atoms with Gasteiger partial charge in [0, 0.05) is 42.3 Å². The molecule has 1 fully saturated rings. The number of carbonyl (C=O) groups is 1. The Morgan fingerprint density at radius 1 is 1.36 bits per heavy atom. The third kappa shape index (κ3) is 3.84. The van der Waals surface area contributed by atoms with E-state index in [-0.39, 0.29) is 11.8 Å². The first-order valence-corrected chi connectivity index (χ1v) is 10.1. The van der Waals surface area contributed by atoms with E-state index in [2.05, 4.69) is 32.7 Å². The molecule has 0 unspecified atom stereocenters. The van der Waals surface area contributed by atoms with Crippen molar-refractivity contribution in [3.8, 4) is 0 Å². The molecule has 0 saturated carbocycles. The van der Waals surface area contributed by atoms with E-state index in [9.17, 15) is 4.79 Å². The summed E-state index contributed by atoms with van der Waals surface area (Å²) in [5.74, 6) is 1.10. The molecule has 2 aromatic heterocycles. The average molecular weight is 356 g/mol. The predicted octanol–water partition coefficient (Wildman–Crippen LogP) is 2.60. The molecule has 2 aliphatic rings. The van der Waals surface area contributed by atoms with Crippen LogP contribution in [0.1, 0.15) is 35.4 Å². The summed E-state index contributed by atoms with van der Waals surface area (Å²) in [6, 6.07) is 4.17. The van der Waals surface area contributed by atoms with E-state index in [1.165, 1.54) is 17.7 Å². The number of fused-ring (bicyclic) bond motifs is 1. The van der Waals surface area contributed by atoms with Crippen LogP contribution in [0, 0.1) is 5.92 Å². The van der Waals surface area contributed by atoms with Gasteiger partial charge in [0.05, 0.1) is 0 Å². The predicted molar refractivity (Wildman–Crippen MR) is 100 cm³/mol. The van der Waals surface area contributed by atoms with Gasteiger partial charge in [0.2, 0.25) is 11.9 Å². The van der Waals surface area contributed by atoms with Crippen molar-refractivity contribution in [2.45, 2.75) is 38.5 Å². The molecule has 3 heterocycles. The number of nitrogens with one attached hydrogen (secondary N) is 1. The van der Waals surface area contributed by atoms with Gasteiger partial charge >= 0.3 is 0 Å². The van der Waals surface area contributed by atoms with Gasteiger partial charge in [-0.2, -0.15) is 0 Å². The van der Waals surface area contributed by atoms with Gasteiger partial charge in [-0.15, -0.1) is 11.3 Å². The highest BCUT2D eigenvalue weighted by molar-refractivity contribution is 7.09. The fourth-order valence-electron chi connectivity index (χ4n) is 3.70. The number of hydrogen-bond acceptors (Lipinski definition) is 5. The van der Waals surface area contributed by atoms with Crippen molar-refractivity contribution in [1.29, 1.82) is 0 Å². The number of rotatable bonds is 5. The van der Waals surface area contributed by atoms with Crippen LogP contribution in [0.4, 0.5) is 5.95 Å². The van der Waals surface area contributed by atoms with Gasteiger partial charge in [-0.1, -0.05) is 6.07 Å². The molecule has 1 N–H and O–H groups in total. The zero-order chi connectivity index (χ0) is 17.1. The van der Waals surface area contributed by atoms with Crippen molar-refractivity contribution in [2.75, 3.05) is 24.5 Å². The standard InChI is InChI=1S/C19H24N4OS/c24-18(20-8-7-16-4-3-11-25-16)14-5-6-17-15(12-14)13-21-19(22-17)23-9-1-2-10-23/h3-4,11,13-14H,1-2,5-10,12H2,(H,20,24)/t14-/m0/s1. The molecule has 0 bridgehead atoms. The molecule has 1 atom stereocenters. The molecule has 1 aliphatic heterocycles. The number of hydrogen-bond donors (Lipinski definition) is 1. The summed E-state index contributed by atoms with van der Waals surface area (Å²) in [5, 5.41) is 5.17. The quantitative estimate of drug-likeness (QED) is 0.895. The lowest BCUT2D eigenvalue weighted by atomic mass is 9.86. The van der Waals surface area contributed by atoms with Crippen molar-refractivity contribution in [1.82, 2.24) is 15.3 Å². The van der Waals surface area contributed by atoms with Crippen LogP contribution < -0.4 is 10.2 Å². The zero-order valence-corrected chi connectivity index (χ0v) is 15.2. The van der Waals surface area contributed by atoms with Gasteiger partial charge in [0.15, 0.2) is 0 Å². The molecule has 25 heavy (non-hydrogen) atoms. The summed E-state index contributed by atoms with van der Waals surface area (Å²) in [6.45, 7) is 2.84. The first-order valence-electron chi connectivity index (χ1n) is 9.19. The molecule has 1 saturated heterocycles. The van der Waals surface area contributed by atoms with Crippen LogP contribution in [0.3, 0.4) is 0 Å². The van der Waals surface area contributed by atoms with Crippen LogP contribution in [0.15, 0.2) is 23.7 Å². The number of aryl methyl sites for hydroxylation is 1. The molecule has 5 nitrogen and oxygen atoms in total. The SMILES string of the molecule is O=C(NCCc1cccs1)[C@H]1CCc2nc(N3CCCC3)ncc2C1. The molecule has 0 aromatic carbocycles. The Morgan fingerprint density at radius 2 is 2.24 bits per heavy atom. The largest absolute Gasteiger partial charge is 0.355 e. The normalized spacial score (nSPS) is 19.7. The molecular formula is C19H24N4OS. The minimum atomic E-state index is 0.0528. The molecule has 1 amide bonds. The van der Waals surface area contributed by atoms with Crippen LogP contribution in [0.2, 0.25) is 0 Å². The van der Waals surface area contributed by atoms with Gasteiger partial charge in [-0.05, 0) is 55.5 Å². The smallest absolute Gasteiger partial charge is 0.225 e. The first kappa shape index (κ1) is 16.5. The van der Waals surface area contributed by atoms with E-state index in [1.807, 2.05) is 6.20 Å². The summed E-state index contributed by atoms with van der Waals surface area (Å²) in [7, 11) is 0. The van der Waals surface area contributed by atoms with E-state index in [0.717, 1.165) is 56.0 Å². The minimum absolute atomic E-state index is 0.0528. The molecule has 4 rings (SSSR count). The third-order valence-electron chi connectivity index (χ3n) is 5.15. The maximum absolute atomic E-state index is 12.5. The topological polar surface area (TPSA) is 58.1 Å². The second-order valence-corrected chi connectivity index (χ2v) is 7.93. The summed E-state index contributed by atoms with van der Waals surface area (Å²) in [4.78, 5) is 25.4. The molecular weight excluding hydrogens is 332 g/mol. The maximum Gasteiger partial charge on any atom is 0.225 e. The minimum Gasteiger partial charge on any atom is -0.355 e. The van der Waals surface area contributed by atoms with Gasteiger partial charge < -0.3 is 10.2 Å². The van der Waals surface area contributed by atoms with Crippen molar-refractivity contribution in [3.05, 3.63) is 39.8 Å². The summed E-state index contributed by atoms with van der Waals surface area (Å²) in [6.07, 6.45) is 7.84. The zero-order valence-electron chi connectivity index (χ0n) is 14.4. The van der Waals surface area contributed by atoms with Crippen molar-refractivity contribution < 1.29 is 4.79 Å². The van der Waals surface area contributed by atoms with Crippen LogP contribution >= 0.6 is 11.3 Å². The molecule has 2 aromatic rings. The van der Waals surface area contributed by atoms with Crippen LogP contribution in [0.25, 0.3) is 0 Å². The Balaban J connectivity index is 1.33. The molecule has 1 aliphatic carbocycles. The number of thiophene rings is 1. The van der Waals surface area contributed by atoms with Gasteiger partial charge in [-0.25, -0.2) is 9.97 Å². The van der Waals surface area contributed by atoms with Crippen molar-refractivity contribution >= 4 is 23.2 Å². The van der Waals surface area contributed by atoms with E-state index in [4.69, 9.17) is 4.98 Å². The van der Waals surface area contributed by atoms with Gasteiger partial charge in [0.25, 0.3) is 0 Å². The highest BCUT2D eigenvalue weighted by Gasteiger charge is 2.26. The fourth-order valence-corrected chi connectivity index (χ4v) is 4.41. The lowest BCUT2D eigenvalue weighted by Gasteiger charge is -2.24. The van der Waals surface area contributed by atoms with E-state index >= 15 is 0 Å². The van der Waals surface area contributed by atoms with Crippen LogP contribution in [-0.4, -0.2) is 35.5 Å². The summed E-state index contributed by atoms with van der Waals surface area (Å²) >= 11 is 1.74.